The van der Waals surface area contributed by atoms with Crippen molar-refractivity contribution in [3.63, 3.8) is 0 Å². The number of nitrogens with zero attached hydrogens (tertiary/aromatic N) is 3. The molecule has 2 heterocycles. The van der Waals surface area contributed by atoms with Crippen LogP contribution in [0.15, 0.2) is 42.5 Å². The summed E-state index contributed by atoms with van der Waals surface area (Å²) >= 11 is 1.32. The van der Waals surface area contributed by atoms with Gasteiger partial charge in [-0.05, 0) is 61.5 Å². The quantitative estimate of drug-likeness (QED) is 0.496. The van der Waals surface area contributed by atoms with Crippen molar-refractivity contribution < 1.29 is 23.4 Å². The Morgan fingerprint density at radius 3 is 2.41 bits per heavy atom. The SMILES string of the molecule is CC(C)(Oc1ccc2c(c1)CCN(Cc1nc(-c3ccc(C(C)(F)F)cc3)ns1)CC2)C(=O)O. The van der Waals surface area contributed by atoms with Gasteiger partial charge in [-0.25, -0.2) is 18.6 Å². The summed E-state index contributed by atoms with van der Waals surface area (Å²) in [7, 11) is 0. The normalized spacial score (nSPS) is 15.0. The average molecular weight is 488 g/mol. The first-order valence-corrected chi connectivity index (χ1v) is 11.9. The molecule has 1 aliphatic rings. The Morgan fingerprint density at radius 2 is 1.76 bits per heavy atom. The van der Waals surface area contributed by atoms with Gasteiger partial charge >= 0.3 is 5.97 Å². The monoisotopic (exact) mass is 487 g/mol. The van der Waals surface area contributed by atoms with E-state index in [0.717, 1.165) is 49.0 Å². The molecule has 0 unspecified atom stereocenters. The summed E-state index contributed by atoms with van der Waals surface area (Å²) in [6.45, 7) is 6.30. The fraction of sp³-hybridized carbons (Fsp3) is 0.400. The number of benzene rings is 2. The minimum absolute atomic E-state index is 0.0316. The molecule has 0 fully saturated rings. The summed E-state index contributed by atoms with van der Waals surface area (Å²) in [5.74, 6) is -2.78. The summed E-state index contributed by atoms with van der Waals surface area (Å²) in [6, 6.07) is 11.9. The van der Waals surface area contributed by atoms with E-state index in [0.29, 0.717) is 18.1 Å². The number of ether oxygens (including phenoxy) is 1. The maximum atomic E-state index is 13.4. The second-order valence-corrected chi connectivity index (χ2v) is 9.94. The maximum Gasteiger partial charge on any atom is 0.347 e. The Kier molecular flexibility index (Phi) is 6.69. The van der Waals surface area contributed by atoms with Gasteiger partial charge in [0.25, 0.3) is 5.92 Å². The van der Waals surface area contributed by atoms with Gasteiger partial charge in [0.15, 0.2) is 11.4 Å². The molecule has 1 aromatic heterocycles. The van der Waals surface area contributed by atoms with Crippen molar-refractivity contribution in [2.45, 2.75) is 51.7 Å². The van der Waals surface area contributed by atoms with Crippen molar-refractivity contribution in [3.05, 3.63) is 64.2 Å². The topological polar surface area (TPSA) is 75.5 Å². The molecule has 0 saturated carbocycles. The van der Waals surface area contributed by atoms with Gasteiger partial charge in [0.05, 0.1) is 6.54 Å². The number of hydrogen-bond donors (Lipinski definition) is 1. The van der Waals surface area contributed by atoms with Crippen molar-refractivity contribution in [1.29, 1.82) is 0 Å². The Balaban J connectivity index is 1.39. The molecule has 9 heteroatoms. The van der Waals surface area contributed by atoms with Crippen LogP contribution >= 0.6 is 11.5 Å². The zero-order chi connectivity index (χ0) is 24.5. The summed E-state index contributed by atoms with van der Waals surface area (Å²) < 4.78 is 37.0. The standard InChI is InChI=1S/C25H27F2N3O3S/c1-24(2,23(31)32)33-20-9-6-16-10-12-30(13-11-18(16)14-20)15-21-28-22(29-34-21)17-4-7-19(8-5-17)25(3,26)27/h4-9,14H,10-13,15H2,1-3H3,(H,31,32). The van der Waals surface area contributed by atoms with Gasteiger partial charge in [0.1, 0.15) is 10.8 Å². The van der Waals surface area contributed by atoms with E-state index in [-0.39, 0.29) is 5.56 Å². The molecule has 2 aromatic carbocycles. The molecule has 180 valence electrons. The lowest BCUT2D eigenvalue weighted by molar-refractivity contribution is -0.152. The molecule has 0 bridgehead atoms. The van der Waals surface area contributed by atoms with E-state index < -0.39 is 17.5 Å². The molecule has 0 saturated heterocycles. The molecule has 3 aromatic rings. The fourth-order valence-electron chi connectivity index (χ4n) is 3.85. The number of fused-ring (bicyclic) bond motifs is 1. The fourth-order valence-corrected chi connectivity index (χ4v) is 4.55. The van der Waals surface area contributed by atoms with Crippen molar-refractivity contribution in [3.8, 4) is 17.1 Å². The summed E-state index contributed by atoms with van der Waals surface area (Å²) in [6.07, 6.45) is 1.69. The molecule has 1 N–H and O–H groups in total. The molecule has 6 nitrogen and oxygen atoms in total. The number of aliphatic carboxylic acids is 1. The molecule has 0 radical (unpaired) electrons. The summed E-state index contributed by atoms with van der Waals surface area (Å²) in [4.78, 5) is 18.3. The molecule has 0 spiro atoms. The lowest BCUT2D eigenvalue weighted by Gasteiger charge is -2.22. The zero-order valence-electron chi connectivity index (χ0n) is 19.3. The number of carboxylic acids is 1. The Morgan fingerprint density at radius 1 is 1.09 bits per heavy atom. The van der Waals surface area contributed by atoms with E-state index >= 15 is 0 Å². The van der Waals surface area contributed by atoms with E-state index in [2.05, 4.69) is 14.3 Å². The van der Waals surface area contributed by atoms with Crippen molar-refractivity contribution in [2.24, 2.45) is 0 Å². The van der Waals surface area contributed by atoms with Crippen LogP contribution in [0, 0.1) is 0 Å². The summed E-state index contributed by atoms with van der Waals surface area (Å²) in [5.41, 5.74) is 1.78. The van der Waals surface area contributed by atoms with Crippen LogP contribution in [-0.4, -0.2) is 44.0 Å². The van der Waals surface area contributed by atoms with E-state index in [4.69, 9.17) is 4.74 Å². The number of carboxylic acid groups (broad SMARTS) is 1. The first kappa shape index (κ1) is 24.2. The van der Waals surface area contributed by atoms with Gasteiger partial charge in [-0.2, -0.15) is 4.37 Å². The van der Waals surface area contributed by atoms with Gasteiger partial charge in [-0.3, -0.25) is 4.90 Å². The third-order valence-corrected chi connectivity index (χ3v) is 6.63. The second-order valence-electron chi connectivity index (χ2n) is 9.10. The van der Waals surface area contributed by atoms with Crippen LogP contribution in [0.4, 0.5) is 8.78 Å². The largest absolute Gasteiger partial charge is 0.478 e. The van der Waals surface area contributed by atoms with E-state index in [1.807, 2.05) is 18.2 Å². The predicted molar refractivity (Wildman–Crippen MR) is 126 cm³/mol. The highest BCUT2D eigenvalue weighted by molar-refractivity contribution is 7.05. The van der Waals surface area contributed by atoms with Crippen molar-refractivity contribution in [1.82, 2.24) is 14.3 Å². The minimum atomic E-state index is -2.87. The molecular weight excluding hydrogens is 460 g/mol. The van der Waals surface area contributed by atoms with Crippen LogP contribution in [0.2, 0.25) is 0 Å². The molecule has 0 atom stereocenters. The Hall–Kier alpha value is -2.91. The van der Waals surface area contributed by atoms with Crippen molar-refractivity contribution in [2.75, 3.05) is 13.1 Å². The van der Waals surface area contributed by atoms with Crippen LogP contribution in [-0.2, 0) is 30.1 Å². The van der Waals surface area contributed by atoms with Gasteiger partial charge in [0, 0.05) is 31.1 Å². The highest BCUT2D eigenvalue weighted by Gasteiger charge is 2.30. The van der Waals surface area contributed by atoms with Gasteiger partial charge < -0.3 is 9.84 Å². The average Bonchev–Trinajstić information content (AvgIpc) is 3.15. The lowest BCUT2D eigenvalue weighted by Crippen LogP contribution is -2.37. The van der Waals surface area contributed by atoms with Crippen LogP contribution in [0.1, 0.15) is 42.5 Å². The highest BCUT2D eigenvalue weighted by atomic mass is 32.1. The lowest BCUT2D eigenvalue weighted by atomic mass is 10.0. The van der Waals surface area contributed by atoms with E-state index in [1.54, 1.807) is 12.1 Å². The first-order chi connectivity index (χ1) is 16.0. The number of halogens is 2. The Labute approximate surface area is 201 Å². The van der Waals surface area contributed by atoms with E-state index in [1.165, 1.54) is 43.1 Å². The third-order valence-electron chi connectivity index (χ3n) is 5.94. The predicted octanol–water partition coefficient (Wildman–Crippen LogP) is 5.16. The van der Waals surface area contributed by atoms with Crippen LogP contribution in [0.5, 0.6) is 5.75 Å². The summed E-state index contributed by atoms with van der Waals surface area (Å²) in [5, 5.41) is 10.2. The highest BCUT2D eigenvalue weighted by Crippen LogP contribution is 2.29. The van der Waals surface area contributed by atoms with Crippen molar-refractivity contribution >= 4 is 17.5 Å². The van der Waals surface area contributed by atoms with Gasteiger partial charge in [0.2, 0.25) is 0 Å². The second kappa shape index (κ2) is 9.38. The van der Waals surface area contributed by atoms with Gasteiger partial charge in [-0.1, -0.05) is 30.3 Å². The molecule has 1 aliphatic heterocycles. The zero-order valence-corrected chi connectivity index (χ0v) is 20.2. The maximum absolute atomic E-state index is 13.4. The smallest absolute Gasteiger partial charge is 0.347 e. The van der Waals surface area contributed by atoms with Gasteiger partial charge in [-0.15, -0.1) is 0 Å². The van der Waals surface area contributed by atoms with Crippen LogP contribution < -0.4 is 4.74 Å². The molecular formula is C25H27F2N3O3S. The minimum Gasteiger partial charge on any atom is -0.478 e. The van der Waals surface area contributed by atoms with Crippen LogP contribution in [0.25, 0.3) is 11.4 Å². The first-order valence-electron chi connectivity index (χ1n) is 11.1. The molecule has 0 amide bonds. The molecule has 4 rings (SSSR count). The third kappa shape index (κ3) is 5.59. The van der Waals surface area contributed by atoms with E-state index in [9.17, 15) is 18.7 Å². The number of hydrogen-bond acceptors (Lipinski definition) is 6. The number of rotatable bonds is 7. The number of alkyl halides is 2. The van der Waals surface area contributed by atoms with Crippen LogP contribution in [0.3, 0.4) is 0 Å². The number of aromatic nitrogens is 2. The number of carbonyl (C=O) groups is 1. The Bertz CT molecular complexity index is 1170. The molecule has 0 aliphatic carbocycles. The molecule has 34 heavy (non-hydrogen) atoms.